The van der Waals surface area contributed by atoms with Gasteiger partial charge in [0.2, 0.25) is 5.88 Å². The van der Waals surface area contributed by atoms with E-state index in [0.29, 0.717) is 24.8 Å². The molecule has 0 radical (unpaired) electrons. The lowest BCUT2D eigenvalue weighted by molar-refractivity contribution is -0.0242. The van der Waals surface area contributed by atoms with Gasteiger partial charge in [0.15, 0.2) is 6.61 Å². The van der Waals surface area contributed by atoms with Gasteiger partial charge in [-0.15, -0.1) is 0 Å². The van der Waals surface area contributed by atoms with E-state index in [9.17, 15) is 18.0 Å². The SMILES string of the molecule is CC(F)(F)COc1cc(CNC(=O)NC23CC(F)C(C2)C3)ccn1. The Morgan fingerprint density at radius 2 is 2.21 bits per heavy atom. The molecule has 5 nitrogen and oxygen atoms in total. The first kappa shape index (κ1) is 16.9. The van der Waals surface area contributed by atoms with Crippen LogP contribution < -0.4 is 15.4 Å². The number of rotatable bonds is 6. The van der Waals surface area contributed by atoms with Crippen molar-refractivity contribution in [3.05, 3.63) is 23.9 Å². The Bertz CT molecular complexity index is 615. The van der Waals surface area contributed by atoms with Gasteiger partial charge in [-0.05, 0) is 30.4 Å². The number of carbonyl (C=O) groups is 1. The molecular formula is C16H20F3N3O2. The van der Waals surface area contributed by atoms with Crippen LogP contribution in [0.15, 0.2) is 18.3 Å². The molecule has 24 heavy (non-hydrogen) atoms. The van der Waals surface area contributed by atoms with Crippen molar-refractivity contribution in [1.29, 1.82) is 0 Å². The van der Waals surface area contributed by atoms with Crippen molar-refractivity contribution in [1.82, 2.24) is 15.6 Å². The summed E-state index contributed by atoms with van der Waals surface area (Å²) in [5, 5.41) is 5.53. The van der Waals surface area contributed by atoms with E-state index in [2.05, 4.69) is 15.6 Å². The lowest BCUT2D eigenvalue weighted by Crippen LogP contribution is -2.54. The van der Waals surface area contributed by atoms with E-state index in [4.69, 9.17) is 4.74 Å². The van der Waals surface area contributed by atoms with Crippen LogP contribution in [0.1, 0.15) is 31.7 Å². The van der Waals surface area contributed by atoms with Crippen LogP contribution in [0, 0.1) is 5.92 Å². The number of carbonyl (C=O) groups excluding carboxylic acids is 1. The molecule has 0 aromatic carbocycles. The average molecular weight is 343 g/mol. The Hall–Kier alpha value is -1.99. The van der Waals surface area contributed by atoms with E-state index in [-0.39, 0.29) is 24.4 Å². The number of halogens is 3. The number of hydrogen-bond donors (Lipinski definition) is 2. The van der Waals surface area contributed by atoms with Crippen LogP contribution in [0.4, 0.5) is 18.0 Å². The van der Waals surface area contributed by atoms with Crippen LogP contribution >= 0.6 is 0 Å². The summed E-state index contributed by atoms with van der Waals surface area (Å²) >= 11 is 0. The van der Waals surface area contributed by atoms with Crippen molar-refractivity contribution in [3.8, 4) is 5.88 Å². The maximum Gasteiger partial charge on any atom is 0.315 e. The van der Waals surface area contributed by atoms with E-state index < -0.39 is 24.2 Å². The minimum absolute atomic E-state index is 0.0766. The molecule has 0 spiro atoms. The van der Waals surface area contributed by atoms with Gasteiger partial charge in [0.1, 0.15) is 6.17 Å². The van der Waals surface area contributed by atoms with Gasteiger partial charge in [0.25, 0.3) is 5.92 Å². The number of amides is 2. The van der Waals surface area contributed by atoms with Gasteiger partial charge < -0.3 is 15.4 Å². The lowest BCUT2D eigenvalue weighted by atomic mass is 9.77. The predicted molar refractivity (Wildman–Crippen MR) is 80.7 cm³/mol. The number of hydrogen-bond acceptors (Lipinski definition) is 3. The van der Waals surface area contributed by atoms with Gasteiger partial charge in [-0.25, -0.2) is 22.9 Å². The van der Waals surface area contributed by atoms with Gasteiger partial charge in [0, 0.05) is 37.7 Å². The molecule has 4 rings (SSSR count). The number of ether oxygens (including phenoxy) is 1. The van der Waals surface area contributed by atoms with Crippen molar-refractivity contribution >= 4 is 6.03 Å². The Morgan fingerprint density at radius 1 is 1.46 bits per heavy atom. The van der Waals surface area contributed by atoms with Crippen LogP contribution in [0.2, 0.25) is 0 Å². The molecule has 0 saturated heterocycles. The highest BCUT2D eigenvalue weighted by Crippen LogP contribution is 2.53. The van der Waals surface area contributed by atoms with Crippen LogP contribution in [-0.2, 0) is 6.54 Å². The number of aromatic nitrogens is 1. The molecular weight excluding hydrogens is 323 g/mol. The molecule has 2 amide bonds. The minimum atomic E-state index is -2.94. The lowest BCUT2D eigenvalue weighted by Gasteiger charge is -2.38. The third-order valence-electron chi connectivity index (χ3n) is 4.51. The minimum Gasteiger partial charge on any atom is -0.471 e. The van der Waals surface area contributed by atoms with Crippen molar-refractivity contribution in [3.63, 3.8) is 0 Å². The molecule has 3 aliphatic rings. The van der Waals surface area contributed by atoms with Gasteiger partial charge in [-0.1, -0.05) is 0 Å². The van der Waals surface area contributed by atoms with E-state index in [1.54, 1.807) is 6.07 Å². The topological polar surface area (TPSA) is 63.2 Å². The molecule has 2 N–H and O–H groups in total. The van der Waals surface area contributed by atoms with Crippen molar-refractivity contribution < 1.29 is 22.7 Å². The Balaban J connectivity index is 1.47. The third-order valence-corrected chi connectivity index (χ3v) is 4.51. The summed E-state index contributed by atoms with van der Waals surface area (Å²) in [6, 6.07) is 2.79. The number of nitrogens with zero attached hydrogens (tertiary/aromatic N) is 1. The summed E-state index contributed by atoms with van der Waals surface area (Å²) in [5.41, 5.74) is 0.279. The van der Waals surface area contributed by atoms with E-state index in [1.807, 2.05) is 0 Å². The summed E-state index contributed by atoms with van der Waals surface area (Å²) in [6.45, 7) is 0.204. The summed E-state index contributed by atoms with van der Waals surface area (Å²) in [4.78, 5) is 15.8. The summed E-state index contributed by atoms with van der Waals surface area (Å²) in [7, 11) is 0. The monoisotopic (exact) mass is 343 g/mol. The molecule has 1 aromatic rings. The Kier molecular flexibility index (Phi) is 4.31. The van der Waals surface area contributed by atoms with Gasteiger partial charge in [0.05, 0.1) is 0 Å². The molecule has 1 unspecified atom stereocenters. The fraction of sp³-hybridized carbons (Fsp3) is 0.625. The standard InChI is InChI=1S/C16H20F3N3O2/c1-15(18,19)9-24-13-4-10(2-3-20-13)8-21-14(23)22-16-5-11(6-16)12(17)7-16/h2-4,11-12H,5-9H2,1H3,(H2,21,22,23). The summed E-state index contributed by atoms with van der Waals surface area (Å²) < 4.78 is 43.9. The van der Waals surface area contributed by atoms with Gasteiger partial charge >= 0.3 is 6.03 Å². The first-order chi connectivity index (χ1) is 11.2. The smallest absolute Gasteiger partial charge is 0.315 e. The largest absolute Gasteiger partial charge is 0.471 e. The zero-order chi connectivity index (χ0) is 17.4. The second kappa shape index (κ2) is 6.14. The Labute approximate surface area is 138 Å². The van der Waals surface area contributed by atoms with E-state index in [1.165, 1.54) is 12.3 Å². The number of alkyl halides is 3. The number of urea groups is 1. The highest BCUT2D eigenvalue weighted by molar-refractivity contribution is 5.75. The number of fused-ring (bicyclic) bond motifs is 1. The van der Waals surface area contributed by atoms with Crippen LogP contribution in [-0.4, -0.2) is 35.3 Å². The number of nitrogens with one attached hydrogen (secondary N) is 2. The molecule has 3 aliphatic carbocycles. The fourth-order valence-electron chi connectivity index (χ4n) is 3.37. The predicted octanol–water partition coefficient (Wildman–Crippen LogP) is 2.81. The van der Waals surface area contributed by atoms with Crippen molar-refractivity contribution in [2.75, 3.05) is 6.61 Å². The van der Waals surface area contributed by atoms with Crippen molar-refractivity contribution in [2.45, 2.75) is 50.4 Å². The highest BCUT2D eigenvalue weighted by Gasteiger charge is 2.57. The summed E-state index contributed by atoms with van der Waals surface area (Å²) in [6.07, 6.45) is 2.38. The average Bonchev–Trinajstić information content (AvgIpc) is 2.94. The first-order valence-corrected chi connectivity index (χ1v) is 7.90. The second-order valence-corrected chi connectivity index (χ2v) is 6.84. The molecule has 0 aliphatic heterocycles. The normalized spacial score (nSPS) is 28.2. The van der Waals surface area contributed by atoms with Crippen molar-refractivity contribution in [2.24, 2.45) is 5.92 Å². The fourth-order valence-corrected chi connectivity index (χ4v) is 3.37. The molecule has 1 atom stereocenters. The zero-order valence-electron chi connectivity index (χ0n) is 13.3. The second-order valence-electron chi connectivity index (χ2n) is 6.84. The summed E-state index contributed by atoms with van der Waals surface area (Å²) in [5.74, 6) is -2.78. The molecule has 132 valence electrons. The molecule has 2 bridgehead atoms. The Morgan fingerprint density at radius 3 is 2.83 bits per heavy atom. The van der Waals surface area contributed by atoms with Gasteiger partial charge in [-0.3, -0.25) is 0 Å². The van der Waals surface area contributed by atoms with E-state index >= 15 is 0 Å². The van der Waals surface area contributed by atoms with Crippen LogP contribution in [0.25, 0.3) is 0 Å². The van der Waals surface area contributed by atoms with Gasteiger partial charge in [-0.2, -0.15) is 0 Å². The maximum absolute atomic E-state index is 13.5. The quantitative estimate of drug-likeness (QED) is 0.835. The first-order valence-electron chi connectivity index (χ1n) is 7.90. The molecule has 8 heteroatoms. The number of pyridine rings is 1. The molecule has 3 fully saturated rings. The molecule has 1 heterocycles. The van der Waals surface area contributed by atoms with Crippen LogP contribution in [0.3, 0.4) is 0 Å². The van der Waals surface area contributed by atoms with Crippen LogP contribution in [0.5, 0.6) is 5.88 Å². The maximum atomic E-state index is 13.5. The van der Waals surface area contributed by atoms with E-state index in [0.717, 1.165) is 6.92 Å². The zero-order valence-corrected chi connectivity index (χ0v) is 13.3. The third kappa shape index (κ3) is 3.91. The molecule has 3 saturated carbocycles. The highest BCUT2D eigenvalue weighted by atomic mass is 19.3. The molecule has 1 aromatic heterocycles.